The van der Waals surface area contributed by atoms with Crippen molar-refractivity contribution in [3.05, 3.63) is 95.1 Å². The molecular weight excluding hydrogens is 408 g/mol. The molecule has 31 heavy (non-hydrogen) atoms. The van der Waals surface area contributed by atoms with E-state index >= 15 is 0 Å². The lowest BCUT2D eigenvalue weighted by Crippen LogP contribution is -2.46. The van der Waals surface area contributed by atoms with Crippen molar-refractivity contribution in [1.82, 2.24) is 20.7 Å². The zero-order chi connectivity index (χ0) is 21.8. The van der Waals surface area contributed by atoms with Crippen LogP contribution in [0.4, 0.5) is 0 Å². The fraction of sp³-hybridized carbons (Fsp3) is 0.167. The molecule has 4 aromatic rings. The van der Waals surface area contributed by atoms with Crippen LogP contribution in [0.2, 0.25) is 0 Å². The highest BCUT2D eigenvalue weighted by Gasteiger charge is 2.14. The lowest BCUT2D eigenvalue weighted by molar-refractivity contribution is 0.0944. The summed E-state index contributed by atoms with van der Waals surface area (Å²) in [6.45, 7) is 5.43. The smallest absolute Gasteiger partial charge is 0.269 e. The van der Waals surface area contributed by atoms with Gasteiger partial charge in [-0.2, -0.15) is 0 Å². The number of hydrogen-bond donors (Lipinski definition) is 3. The van der Waals surface area contributed by atoms with Gasteiger partial charge in [0.2, 0.25) is 0 Å². The Labute approximate surface area is 186 Å². The Kier molecular flexibility index (Phi) is 6.04. The number of furan rings is 1. The number of carbonyl (C=O) groups is 1. The molecule has 2 aromatic carbocycles. The maximum atomic E-state index is 12.6. The summed E-state index contributed by atoms with van der Waals surface area (Å²) in [6.07, 6.45) is 1.60. The molecule has 0 saturated carbocycles. The third kappa shape index (κ3) is 4.62. The Balaban J connectivity index is 1.45. The number of nitrogens with one attached hydrogen (secondary N) is 3. The van der Waals surface area contributed by atoms with Crippen molar-refractivity contribution in [3.8, 4) is 0 Å². The first-order chi connectivity index (χ1) is 15.0. The quantitative estimate of drug-likeness (QED) is 0.326. The van der Waals surface area contributed by atoms with Gasteiger partial charge in [0.05, 0.1) is 12.8 Å². The number of benzene rings is 2. The zero-order valence-electron chi connectivity index (χ0n) is 17.4. The maximum Gasteiger partial charge on any atom is 0.269 e. The first-order valence-electron chi connectivity index (χ1n) is 10.0. The maximum absolute atomic E-state index is 12.6. The molecular formula is C24H24N4O2S. The van der Waals surface area contributed by atoms with E-state index in [2.05, 4.69) is 46.7 Å². The molecule has 0 aliphatic heterocycles. The fourth-order valence-corrected chi connectivity index (χ4v) is 3.69. The molecule has 0 atom stereocenters. The molecule has 1 amide bonds. The minimum atomic E-state index is -0.253. The molecule has 7 heteroatoms. The van der Waals surface area contributed by atoms with Crippen LogP contribution in [0, 0.1) is 13.8 Å². The molecule has 2 heterocycles. The first kappa shape index (κ1) is 20.7. The van der Waals surface area contributed by atoms with Gasteiger partial charge in [0.15, 0.2) is 5.11 Å². The number of aryl methyl sites for hydroxylation is 1. The predicted octanol–water partition coefficient (Wildman–Crippen LogP) is 4.21. The number of fused-ring (bicyclic) bond motifs is 1. The third-order valence-corrected chi connectivity index (χ3v) is 5.62. The molecule has 6 nitrogen and oxygen atoms in total. The minimum Gasteiger partial charge on any atom is -0.467 e. The van der Waals surface area contributed by atoms with E-state index in [9.17, 15) is 4.79 Å². The standard InChI is InChI=1S/C24H24N4O2S/c1-16-17(2)28(15-18-7-4-3-5-8-18)22-11-10-19(13-21(16)22)23(29)26-27-24(31)25-14-20-9-6-12-30-20/h3-13H,14-15H2,1-2H3,(H,26,29)(H2,25,27,31). The second kappa shape index (κ2) is 9.06. The second-order valence-electron chi connectivity index (χ2n) is 7.36. The van der Waals surface area contributed by atoms with Crippen molar-refractivity contribution in [2.75, 3.05) is 0 Å². The number of aromatic nitrogens is 1. The topological polar surface area (TPSA) is 71.2 Å². The van der Waals surface area contributed by atoms with E-state index in [1.54, 1.807) is 6.26 Å². The van der Waals surface area contributed by atoms with Crippen LogP contribution in [0.25, 0.3) is 10.9 Å². The largest absolute Gasteiger partial charge is 0.467 e. The van der Waals surface area contributed by atoms with Gasteiger partial charge in [0, 0.05) is 28.7 Å². The summed E-state index contributed by atoms with van der Waals surface area (Å²) >= 11 is 5.19. The molecule has 0 radical (unpaired) electrons. The molecule has 2 aromatic heterocycles. The third-order valence-electron chi connectivity index (χ3n) is 5.38. The molecule has 0 fully saturated rings. The predicted molar refractivity (Wildman–Crippen MR) is 126 cm³/mol. The Morgan fingerprint density at radius 3 is 2.58 bits per heavy atom. The molecule has 0 bridgehead atoms. The lowest BCUT2D eigenvalue weighted by atomic mass is 10.1. The van der Waals surface area contributed by atoms with Crippen LogP contribution in [-0.4, -0.2) is 15.6 Å². The van der Waals surface area contributed by atoms with Crippen molar-refractivity contribution in [2.45, 2.75) is 26.9 Å². The highest BCUT2D eigenvalue weighted by Crippen LogP contribution is 2.27. The number of carbonyl (C=O) groups excluding carboxylic acids is 1. The van der Waals surface area contributed by atoms with Crippen molar-refractivity contribution in [3.63, 3.8) is 0 Å². The van der Waals surface area contributed by atoms with E-state index in [1.807, 2.05) is 48.5 Å². The number of thiocarbonyl (C=S) groups is 1. The van der Waals surface area contributed by atoms with Gasteiger partial charge in [-0.25, -0.2) is 0 Å². The summed E-state index contributed by atoms with van der Waals surface area (Å²) in [5, 5.41) is 4.35. The Morgan fingerprint density at radius 1 is 1.03 bits per heavy atom. The van der Waals surface area contributed by atoms with Gasteiger partial charge in [0.1, 0.15) is 5.76 Å². The Bertz CT molecular complexity index is 1210. The number of rotatable bonds is 5. The average Bonchev–Trinajstić information content (AvgIpc) is 3.40. The van der Waals surface area contributed by atoms with Crippen molar-refractivity contribution < 1.29 is 9.21 Å². The highest BCUT2D eigenvalue weighted by molar-refractivity contribution is 7.80. The van der Waals surface area contributed by atoms with Crippen LogP contribution in [0.1, 0.15) is 32.9 Å². The highest BCUT2D eigenvalue weighted by atomic mass is 32.1. The minimum absolute atomic E-state index is 0.253. The molecule has 0 aliphatic carbocycles. The zero-order valence-corrected chi connectivity index (χ0v) is 18.3. The summed E-state index contributed by atoms with van der Waals surface area (Å²) in [5.41, 5.74) is 10.7. The fourth-order valence-electron chi connectivity index (χ4n) is 3.57. The molecule has 0 saturated heterocycles. The number of amides is 1. The van der Waals surface area contributed by atoms with E-state index < -0.39 is 0 Å². The van der Waals surface area contributed by atoms with Gasteiger partial charge in [-0.15, -0.1) is 0 Å². The molecule has 0 spiro atoms. The van der Waals surface area contributed by atoms with Crippen LogP contribution in [-0.2, 0) is 13.1 Å². The van der Waals surface area contributed by atoms with Crippen molar-refractivity contribution >= 4 is 34.1 Å². The summed E-state index contributed by atoms with van der Waals surface area (Å²) in [4.78, 5) is 12.6. The van der Waals surface area contributed by atoms with Gasteiger partial charge in [-0.3, -0.25) is 15.6 Å². The van der Waals surface area contributed by atoms with Gasteiger partial charge in [-0.1, -0.05) is 30.3 Å². The summed E-state index contributed by atoms with van der Waals surface area (Å²) in [6, 6.07) is 19.8. The van der Waals surface area contributed by atoms with Gasteiger partial charge >= 0.3 is 0 Å². The summed E-state index contributed by atoms with van der Waals surface area (Å²) < 4.78 is 7.53. The molecule has 0 aliphatic rings. The van der Waals surface area contributed by atoms with E-state index in [4.69, 9.17) is 16.6 Å². The van der Waals surface area contributed by atoms with Gasteiger partial charge in [0.25, 0.3) is 5.91 Å². The van der Waals surface area contributed by atoms with Crippen LogP contribution in [0.5, 0.6) is 0 Å². The first-order valence-corrected chi connectivity index (χ1v) is 10.4. The van der Waals surface area contributed by atoms with Gasteiger partial charge < -0.3 is 14.3 Å². The Hall–Kier alpha value is -3.58. The Morgan fingerprint density at radius 2 is 1.84 bits per heavy atom. The van der Waals surface area contributed by atoms with Crippen LogP contribution >= 0.6 is 12.2 Å². The summed E-state index contributed by atoms with van der Waals surface area (Å²) in [7, 11) is 0. The monoisotopic (exact) mass is 432 g/mol. The lowest BCUT2D eigenvalue weighted by Gasteiger charge is -2.11. The van der Waals surface area contributed by atoms with Crippen LogP contribution in [0.15, 0.2) is 71.3 Å². The number of nitrogens with zero attached hydrogens (tertiary/aromatic N) is 1. The molecule has 3 N–H and O–H groups in total. The van der Waals surface area contributed by atoms with Crippen molar-refractivity contribution in [2.24, 2.45) is 0 Å². The van der Waals surface area contributed by atoms with Crippen molar-refractivity contribution in [1.29, 1.82) is 0 Å². The normalized spacial score (nSPS) is 10.8. The van der Waals surface area contributed by atoms with E-state index in [0.717, 1.165) is 23.2 Å². The SMILES string of the molecule is Cc1c(C)n(Cc2ccccc2)c2ccc(C(=O)NNC(=S)NCc3ccco3)cc12. The van der Waals surface area contributed by atoms with Crippen LogP contribution in [0.3, 0.4) is 0 Å². The number of hydrazine groups is 1. The van der Waals surface area contributed by atoms with E-state index in [0.29, 0.717) is 17.2 Å². The van der Waals surface area contributed by atoms with E-state index in [-0.39, 0.29) is 5.91 Å². The van der Waals surface area contributed by atoms with E-state index in [1.165, 1.54) is 16.8 Å². The molecule has 0 unspecified atom stereocenters. The van der Waals surface area contributed by atoms with Gasteiger partial charge in [-0.05, 0) is 67.5 Å². The second-order valence-corrected chi connectivity index (χ2v) is 7.76. The number of hydrogen-bond acceptors (Lipinski definition) is 3. The summed E-state index contributed by atoms with van der Waals surface area (Å²) in [5.74, 6) is 0.503. The van der Waals surface area contributed by atoms with Crippen LogP contribution < -0.4 is 16.2 Å². The average molecular weight is 433 g/mol. The molecule has 158 valence electrons. The molecule has 4 rings (SSSR count).